The summed E-state index contributed by atoms with van der Waals surface area (Å²) in [7, 11) is 0. The minimum Gasteiger partial charge on any atom is -0.481 e. The van der Waals surface area contributed by atoms with Crippen molar-refractivity contribution in [2.24, 2.45) is 5.92 Å². The number of benzene rings is 1. The van der Waals surface area contributed by atoms with Crippen molar-refractivity contribution in [1.82, 2.24) is 4.90 Å². The first-order valence-corrected chi connectivity index (χ1v) is 6.93. The molecule has 1 aliphatic heterocycles. The van der Waals surface area contributed by atoms with Gasteiger partial charge in [-0.2, -0.15) is 0 Å². The third-order valence-electron chi connectivity index (χ3n) is 2.89. The van der Waals surface area contributed by atoms with Crippen LogP contribution in [0.25, 0.3) is 0 Å². The molecule has 1 aliphatic rings. The lowest BCUT2D eigenvalue weighted by atomic mass is 10.1. The van der Waals surface area contributed by atoms with Crippen molar-refractivity contribution < 1.29 is 19.5 Å². The van der Waals surface area contributed by atoms with Crippen molar-refractivity contribution in [2.45, 2.75) is 6.92 Å². The number of carbonyl (C=O) groups excluding carboxylic acids is 2. The molecule has 0 bridgehead atoms. The molecule has 0 saturated carbocycles. The molecule has 5 nitrogen and oxygen atoms in total. The monoisotopic (exact) mass is 279 g/mol. The summed E-state index contributed by atoms with van der Waals surface area (Å²) in [6.07, 6.45) is 0. The van der Waals surface area contributed by atoms with Gasteiger partial charge in [-0.3, -0.25) is 19.3 Å². The van der Waals surface area contributed by atoms with E-state index in [1.54, 1.807) is 31.2 Å². The van der Waals surface area contributed by atoms with E-state index in [0.29, 0.717) is 16.9 Å². The van der Waals surface area contributed by atoms with Crippen LogP contribution in [-0.4, -0.2) is 39.4 Å². The third kappa shape index (κ3) is 2.63. The fraction of sp³-hybridized carbons (Fsp3) is 0.308. The van der Waals surface area contributed by atoms with Gasteiger partial charge in [-0.05, 0) is 12.1 Å². The average Bonchev–Trinajstić information content (AvgIpc) is 2.64. The molecule has 0 radical (unpaired) electrons. The van der Waals surface area contributed by atoms with Gasteiger partial charge in [0.05, 0.1) is 22.9 Å². The van der Waals surface area contributed by atoms with Gasteiger partial charge in [-0.1, -0.05) is 19.1 Å². The Kier molecular flexibility index (Phi) is 3.90. The molecule has 100 valence electrons. The number of fused-ring (bicyclic) bond motifs is 1. The number of carboxylic acid groups (broad SMARTS) is 1. The first-order valence-electron chi connectivity index (χ1n) is 5.78. The Morgan fingerprint density at radius 1 is 1.26 bits per heavy atom. The molecule has 2 amide bonds. The molecule has 1 N–H and O–H groups in total. The second-order valence-electron chi connectivity index (χ2n) is 4.32. The number of thioether (sulfide) groups is 1. The normalized spacial score (nSPS) is 15.5. The van der Waals surface area contributed by atoms with Crippen LogP contribution in [0.15, 0.2) is 24.3 Å². The lowest BCUT2D eigenvalue weighted by Crippen LogP contribution is -2.29. The highest BCUT2D eigenvalue weighted by molar-refractivity contribution is 7.99. The zero-order valence-corrected chi connectivity index (χ0v) is 11.1. The van der Waals surface area contributed by atoms with E-state index in [0.717, 1.165) is 4.90 Å². The lowest BCUT2D eigenvalue weighted by molar-refractivity contribution is -0.140. The van der Waals surface area contributed by atoms with Crippen LogP contribution >= 0.6 is 11.8 Å². The van der Waals surface area contributed by atoms with E-state index in [2.05, 4.69) is 0 Å². The first-order chi connectivity index (χ1) is 9.02. The second kappa shape index (κ2) is 5.44. The molecule has 0 spiro atoms. The maximum absolute atomic E-state index is 12.0. The predicted octanol–water partition coefficient (Wildman–Crippen LogP) is 1.69. The average molecular weight is 279 g/mol. The number of hydrogen-bond donors (Lipinski definition) is 1. The summed E-state index contributed by atoms with van der Waals surface area (Å²) in [6, 6.07) is 6.68. The standard InChI is InChI=1S/C13H13NO4S/c1-8(13(17)18)6-19-7-14-11(15)9-4-2-3-5-10(9)12(14)16/h2-5,8H,6-7H2,1H3,(H,17,18). The highest BCUT2D eigenvalue weighted by atomic mass is 32.2. The number of nitrogens with zero attached hydrogens (tertiary/aromatic N) is 1. The van der Waals surface area contributed by atoms with E-state index in [4.69, 9.17) is 5.11 Å². The molecular weight excluding hydrogens is 266 g/mol. The zero-order chi connectivity index (χ0) is 14.0. The van der Waals surface area contributed by atoms with Crippen LogP contribution in [0, 0.1) is 5.92 Å². The zero-order valence-electron chi connectivity index (χ0n) is 10.3. The summed E-state index contributed by atoms with van der Waals surface area (Å²) < 4.78 is 0. The molecule has 1 unspecified atom stereocenters. The van der Waals surface area contributed by atoms with Gasteiger partial charge < -0.3 is 5.11 Å². The van der Waals surface area contributed by atoms with Crippen molar-refractivity contribution in [3.05, 3.63) is 35.4 Å². The smallest absolute Gasteiger partial charge is 0.307 e. The van der Waals surface area contributed by atoms with Crippen LogP contribution in [0.3, 0.4) is 0 Å². The molecule has 1 aromatic rings. The second-order valence-corrected chi connectivity index (χ2v) is 5.32. The Hall–Kier alpha value is -1.82. The van der Waals surface area contributed by atoms with Crippen LogP contribution in [0.2, 0.25) is 0 Å². The lowest BCUT2D eigenvalue weighted by Gasteiger charge is -2.14. The van der Waals surface area contributed by atoms with E-state index in [9.17, 15) is 14.4 Å². The van der Waals surface area contributed by atoms with Gasteiger partial charge in [0, 0.05) is 5.75 Å². The number of aliphatic carboxylic acids is 1. The molecule has 0 aliphatic carbocycles. The van der Waals surface area contributed by atoms with Crippen molar-refractivity contribution in [3.8, 4) is 0 Å². The SMILES string of the molecule is CC(CSCN1C(=O)c2ccccc2C1=O)C(=O)O. The number of rotatable bonds is 5. The molecular formula is C13H13NO4S. The Morgan fingerprint density at radius 2 is 1.79 bits per heavy atom. The van der Waals surface area contributed by atoms with Crippen LogP contribution in [0.4, 0.5) is 0 Å². The maximum atomic E-state index is 12.0. The van der Waals surface area contributed by atoms with Crippen molar-refractivity contribution in [2.75, 3.05) is 11.6 Å². The molecule has 1 aromatic carbocycles. The fourth-order valence-corrected chi connectivity index (χ4v) is 2.77. The van der Waals surface area contributed by atoms with Crippen molar-refractivity contribution in [1.29, 1.82) is 0 Å². The topological polar surface area (TPSA) is 74.7 Å². The first kappa shape index (κ1) is 13.6. The molecule has 0 fully saturated rings. The highest BCUT2D eigenvalue weighted by Gasteiger charge is 2.34. The summed E-state index contributed by atoms with van der Waals surface area (Å²) in [5, 5.41) is 8.76. The van der Waals surface area contributed by atoms with E-state index in [1.165, 1.54) is 11.8 Å². The summed E-state index contributed by atoms with van der Waals surface area (Å²) in [6.45, 7) is 1.59. The Balaban J connectivity index is 1.99. The quantitative estimate of drug-likeness (QED) is 0.830. The van der Waals surface area contributed by atoms with Crippen molar-refractivity contribution in [3.63, 3.8) is 0 Å². The largest absolute Gasteiger partial charge is 0.481 e. The number of carboxylic acids is 1. The highest BCUT2D eigenvalue weighted by Crippen LogP contribution is 2.24. The maximum Gasteiger partial charge on any atom is 0.307 e. The van der Waals surface area contributed by atoms with Crippen LogP contribution in [0.1, 0.15) is 27.6 Å². The number of amides is 2. The minimum atomic E-state index is -0.880. The molecule has 6 heteroatoms. The summed E-state index contributed by atoms with van der Waals surface area (Å²) in [4.78, 5) is 35.8. The number of carbonyl (C=O) groups is 3. The predicted molar refractivity (Wildman–Crippen MR) is 71.1 cm³/mol. The van der Waals surface area contributed by atoms with Gasteiger partial charge in [0.15, 0.2) is 0 Å². The summed E-state index contributed by atoms with van der Waals surface area (Å²) in [5.74, 6) is -1.45. The van der Waals surface area contributed by atoms with Crippen LogP contribution in [0.5, 0.6) is 0 Å². The minimum absolute atomic E-state index is 0.184. The van der Waals surface area contributed by atoms with Gasteiger partial charge in [-0.15, -0.1) is 11.8 Å². The van der Waals surface area contributed by atoms with Crippen LogP contribution in [-0.2, 0) is 4.79 Å². The summed E-state index contributed by atoms with van der Waals surface area (Å²) in [5.41, 5.74) is 0.832. The Bertz CT molecular complexity index is 508. The van der Waals surface area contributed by atoms with Gasteiger partial charge in [-0.25, -0.2) is 0 Å². The Labute approximate surface area is 114 Å². The fourth-order valence-electron chi connectivity index (χ4n) is 1.75. The van der Waals surface area contributed by atoms with Crippen molar-refractivity contribution >= 4 is 29.5 Å². The van der Waals surface area contributed by atoms with Gasteiger partial charge >= 0.3 is 5.97 Å². The molecule has 19 heavy (non-hydrogen) atoms. The number of hydrogen-bond acceptors (Lipinski definition) is 4. The summed E-state index contributed by atoms with van der Waals surface area (Å²) >= 11 is 1.27. The van der Waals surface area contributed by atoms with E-state index >= 15 is 0 Å². The molecule has 0 saturated heterocycles. The molecule has 2 rings (SSSR count). The number of imide groups is 1. The van der Waals surface area contributed by atoms with E-state index in [1.807, 2.05) is 0 Å². The third-order valence-corrected chi connectivity index (χ3v) is 4.06. The van der Waals surface area contributed by atoms with E-state index in [-0.39, 0.29) is 17.7 Å². The molecule has 1 heterocycles. The molecule has 1 atom stereocenters. The van der Waals surface area contributed by atoms with Gasteiger partial charge in [0.2, 0.25) is 0 Å². The van der Waals surface area contributed by atoms with Gasteiger partial charge in [0.1, 0.15) is 0 Å². The van der Waals surface area contributed by atoms with E-state index < -0.39 is 11.9 Å². The molecule has 0 aromatic heterocycles. The Morgan fingerprint density at radius 3 is 2.26 bits per heavy atom. The van der Waals surface area contributed by atoms with Gasteiger partial charge in [0.25, 0.3) is 11.8 Å². The van der Waals surface area contributed by atoms with Crippen LogP contribution < -0.4 is 0 Å².